The van der Waals surface area contributed by atoms with Crippen LogP contribution in [0.2, 0.25) is 0 Å². The molecule has 0 saturated heterocycles. The van der Waals surface area contributed by atoms with E-state index in [2.05, 4.69) is 29.0 Å². The van der Waals surface area contributed by atoms with Gasteiger partial charge >= 0.3 is 5.69 Å². The van der Waals surface area contributed by atoms with E-state index in [9.17, 15) is 9.59 Å². The highest BCUT2D eigenvalue weighted by Crippen LogP contribution is 2.28. The van der Waals surface area contributed by atoms with E-state index >= 15 is 0 Å². The molecule has 1 fully saturated rings. The maximum Gasteiger partial charge on any atom is 0.339 e. The first-order valence-electron chi connectivity index (χ1n) is 14.0. The first-order chi connectivity index (χ1) is 20.8. The second-order valence-corrected chi connectivity index (χ2v) is 10.3. The molecule has 1 aliphatic rings. The molecular weight excluding hydrogens is 542 g/mol. The topological polar surface area (TPSA) is 108 Å². The molecular formula is C33H35N7O3. The molecule has 5 rings (SSSR count). The van der Waals surface area contributed by atoms with E-state index in [0.717, 1.165) is 0 Å². The van der Waals surface area contributed by atoms with Gasteiger partial charge in [-0.25, -0.2) is 14.4 Å². The Kier molecular flexibility index (Phi) is 8.68. The Bertz CT molecular complexity index is 1720. The quantitative estimate of drug-likeness (QED) is 0.147. The first kappa shape index (κ1) is 29.3. The summed E-state index contributed by atoms with van der Waals surface area (Å²) in [5.74, 6) is 1.31. The van der Waals surface area contributed by atoms with Gasteiger partial charge < -0.3 is 15.0 Å². The fraction of sp³-hybridized carbons (Fsp3) is 0.212. The summed E-state index contributed by atoms with van der Waals surface area (Å²) in [6.45, 7) is 4.24. The highest BCUT2D eigenvalue weighted by Gasteiger charge is 2.26. The van der Waals surface area contributed by atoms with E-state index in [1.54, 1.807) is 62.6 Å². The summed E-state index contributed by atoms with van der Waals surface area (Å²) >= 11 is 0. The lowest BCUT2D eigenvalue weighted by molar-refractivity contribution is -0.113. The van der Waals surface area contributed by atoms with Crippen molar-refractivity contribution in [3.63, 3.8) is 0 Å². The number of amidine groups is 1. The summed E-state index contributed by atoms with van der Waals surface area (Å²) in [6, 6.07) is 24.2. The van der Waals surface area contributed by atoms with Crippen molar-refractivity contribution in [3.8, 4) is 22.9 Å². The van der Waals surface area contributed by atoms with Crippen LogP contribution < -0.4 is 20.6 Å². The van der Waals surface area contributed by atoms with Crippen LogP contribution in [0.4, 0.5) is 11.5 Å². The number of rotatable bonds is 11. The molecule has 10 heteroatoms. The number of hydrogen-bond acceptors (Lipinski definition) is 6. The maximum absolute atomic E-state index is 14.0. The molecule has 4 aromatic rings. The van der Waals surface area contributed by atoms with E-state index in [1.165, 1.54) is 26.9 Å². The standard InChI is InChI=1S/C33H35N7O3/c1-35-31(34)30-32(36-2)40(33(42)39(30)24-17-19-28(20-18-24)43-27-12-6-5-7-13-27)26-11-8-10-25(22-26)38(4)29(41)14-9-21-37(3)23-15-16-23/h5-14,17-20,22-23,34,36H,1,15-16,21H2,2-4H3/b14-9+,34-31?. The van der Waals surface area contributed by atoms with Gasteiger partial charge in [-0.2, -0.15) is 0 Å². The minimum atomic E-state index is -0.418. The van der Waals surface area contributed by atoms with Crippen LogP contribution in [0.25, 0.3) is 11.4 Å². The fourth-order valence-corrected chi connectivity index (χ4v) is 4.86. The van der Waals surface area contributed by atoms with Crippen molar-refractivity contribution >= 4 is 30.0 Å². The smallest absolute Gasteiger partial charge is 0.339 e. The van der Waals surface area contributed by atoms with Crippen LogP contribution in [0, 0.1) is 5.41 Å². The van der Waals surface area contributed by atoms with E-state index < -0.39 is 5.69 Å². The van der Waals surface area contributed by atoms with Crippen LogP contribution in [-0.2, 0) is 4.79 Å². The van der Waals surface area contributed by atoms with Crippen LogP contribution in [-0.4, -0.2) is 66.2 Å². The molecule has 1 aliphatic carbocycles. The number of hydrogen-bond donors (Lipinski definition) is 2. The Morgan fingerprint density at radius 2 is 1.72 bits per heavy atom. The number of carbonyl (C=O) groups is 1. The number of anilines is 2. The molecule has 1 heterocycles. The maximum atomic E-state index is 14.0. The molecule has 0 bridgehead atoms. The predicted molar refractivity (Wildman–Crippen MR) is 172 cm³/mol. The molecule has 0 radical (unpaired) electrons. The van der Waals surface area contributed by atoms with Crippen LogP contribution in [0.5, 0.6) is 11.5 Å². The number of nitrogens with one attached hydrogen (secondary N) is 2. The van der Waals surface area contributed by atoms with Crippen molar-refractivity contribution in [2.24, 2.45) is 4.99 Å². The van der Waals surface area contributed by atoms with Crippen molar-refractivity contribution in [2.45, 2.75) is 18.9 Å². The summed E-state index contributed by atoms with van der Waals surface area (Å²) in [5.41, 5.74) is 1.49. The van der Waals surface area contributed by atoms with Crippen molar-refractivity contribution < 1.29 is 9.53 Å². The fourth-order valence-electron chi connectivity index (χ4n) is 4.86. The predicted octanol–water partition coefficient (Wildman–Crippen LogP) is 5.10. The molecule has 220 valence electrons. The van der Waals surface area contributed by atoms with Gasteiger partial charge in [0.1, 0.15) is 23.0 Å². The van der Waals surface area contributed by atoms with E-state index in [1.807, 2.05) is 42.5 Å². The Labute approximate surface area is 250 Å². The first-order valence-corrected chi connectivity index (χ1v) is 14.0. The second-order valence-electron chi connectivity index (χ2n) is 10.3. The van der Waals surface area contributed by atoms with Gasteiger partial charge in [-0.05, 0) is 81.2 Å². The van der Waals surface area contributed by atoms with Crippen molar-refractivity contribution in [3.05, 3.63) is 107 Å². The van der Waals surface area contributed by atoms with Gasteiger partial charge in [0, 0.05) is 38.4 Å². The molecule has 2 N–H and O–H groups in total. The molecule has 10 nitrogen and oxygen atoms in total. The third-order valence-corrected chi connectivity index (χ3v) is 7.38. The zero-order chi connectivity index (χ0) is 30.5. The van der Waals surface area contributed by atoms with Crippen LogP contribution in [0.1, 0.15) is 18.5 Å². The lowest BCUT2D eigenvalue weighted by Crippen LogP contribution is -2.26. The molecule has 0 aliphatic heterocycles. The Balaban J connectivity index is 1.48. The van der Waals surface area contributed by atoms with Gasteiger partial charge in [-0.1, -0.05) is 30.3 Å². The van der Waals surface area contributed by atoms with Crippen molar-refractivity contribution in [1.29, 1.82) is 5.41 Å². The van der Waals surface area contributed by atoms with Gasteiger partial charge in [-0.15, -0.1) is 0 Å². The van der Waals surface area contributed by atoms with Gasteiger partial charge in [0.05, 0.1) is 11.4 Å². The average Bonchev–Trinajstić information content (AvgIpc) is 3.84. The number of ether oxygens (including phenoxy) is 1. The Hall–Kier alpha value is -5.22. The van der Waals surface area contributed by atoms with E-state index in [0.29, 0.717) is 47.0 Å². The SMILES string of the molecule is C=NC(=N)c1c(NC)n(-c2cccc(N(C)C(=O)/C=C/CN(C)C3CC3)c2)c(=O)n1-c1ccc(Oc2ccccc2)cc1. The van der Waals surface area contributed by atoms with E-state index in [-0.39, 0.29) is 17.4 Å². The minimum Gasteiger partial charge on any atom is -0.457 e. The summed E-state index contributed by atoms with van der Waals surface area (Å²) in [4.78, 5) is 34.6. The van der Waals surface area contributed by atoms with Crippen LogP contribution >= 0.6 is 0 Å². The highest BCUT2D eigenvalue weighted by atomic mass is 16.5. The lowest BCUT2D eigenvalue weighted by Gasteiger charge is -2.17. The number of para-hydroxylation sites is 1. The summed E-state index contributed by atoms with van der Waals surface area (Å²) in [7, 11) is 5.44. The number of aliphatic imine (C=N–C) groups is 1. The molecule has 0 unspecified atom stereocenters. The van der Waals surface area contributed by atoms with Gasteiger partial charge in [0.2, 0.25) is 5.91 Å². The minimum absolute atomic E-state index is 0.170. The monoisotopic (exact) mass is 577 g/mol. The molecule has 0 atom stereocenters. The number of imidazole rings is 1. The molecule has 0 spiro atoms. The van der Waals surface area contributed by atoms with Gasteiger partial charge in [0.25, 0.3) is 0 Å². The number of likely N-dealkylation sites (N-methyl/N-ethyl adjacent to an activating group) is 2. The molecule has 1 amide bonds. The highest BCUT2D eigenvalue weighted by molar-refractivity contribution is 6.03. The number of aromatic nitrogens is 2. The van der Waals surface area contributed by atoms with Crippen molar-refractivity contribution in [1.82, 2.24) is 14.0 Å². The summed E-state index contributed by atoms with van der Waals surface area (Å²) < 4.78 is 8.78. The van der Waals surface area contributed by atoms with Crippen molar-refractivity contribution in [2.75, 3.05) is 37.9 Å². The van der Waals surface area contributed by atoms with Crippen LogP contribution in [0.15, 0.2) is 101 Å². The molecule has 43 heavy (non-hydrogen) atoms. The number of benzene rings is 3. The molecule has 3 aromatic carbocycles. The Morgan fingerprint density at radius 3 is 2.37 bits per heavy atom. The van der Waals surface area contributed by atoms with Gasteiger partial charge in [-0.3, -0.25) is 19.7 Å². The van der Waals surface area contributed by atoms with Crippen LogP contribution in [0.3, 0.4) is 0 Å². The third kappa shape index (κ3) is 6.34. The largest absolute Gasteiger partial charge is 0.457 e. The van der Waals surface area contributed by atoms with Gasteiger partial charge in [0.15, 0.2) is 5.84 Å². The summed E-state index contributed by atoms with van der Waals surface area (Å²) in [5, 5.41) is 11.6. The third-order valence-electron chi connectivity index (χ3n) is 7.38. The Morgan fingerprint density at radius 1 is 1.02 bits per heavy atom. The lowest BCUT2D eigenvalue weighted by atomic mass is 10.2. The summed E-state index contributed by atoms with van der Waals surface area (Å²) in [6.07, 6.45) is 5.87. The zero-order valence-corrected chi connectivity index (χ0v) is 24.5. The number of nitrogens with zero attached hydrogens (tertiary/aromatic N) is 5. The zero-order valence-electron chi connectivity index (χ0n) is 24.5. The number of amides is 1. The average molecular weight is 578 g/mol. The molecule has 1 saturated carbocycles. The normalized spacial score (nSPS) is 12.8. The van der Waals surface area contributed by atoms with E-state index in [4.69, 9.17) is 10.1 Å². The number of carbonyl (C=O) groups excluding carboxylic acids is 1. The second kappa shape index (κ2) is 12.7. The molecule has 1 aromatic heterocycles.